The number of nitrogens with zero attached hydrogens (tertiary/aromatic N) is 2. The van der Waals surface area contributed by atoms with Gasteiger partial charge < -0.3 is 19.6 Å². The third-order valence-electron chi connectivity index (χ3n) is 5.44. The van der Waals surface area contributed by atoms with Crippen LogP contribution in [-0.2, 0) is 9.59 Å². The average Bonchev–Trinajstić information content (AvgIpc) is 3.03. The second kappa shape index (κ2) is 10.9. The molecule has 1 atom stereocenters. The van der Waals surface area contributed by atoms with Gasteiger partial charge in [-0.05, 0) is 74.9 Å². The van der Waals surface area contributed by atoms with Gasteiger partial charge >= 0.3 is 0 Å². The van der Waals surface area contributed by atoms with Gasteiger partial charge in [0.1, 0.15) is 11.5 Å². The van der Waals surface area contributed by atoms with Gasteiger partial charge in [0.2, 0.25) is 0 Å². The van der Waals surface area contributed by atoms with Gasteiger partial charge in [0.25, 0.3) is 11.7 Å². The number of aliphatic hydroxyl groups excluding tert-OH is 1. The van der Waals surface area contributed by atoms with Crippen LogP contribution < -0.4 is 4.74 Å². The Hall–Kier alpha value is -2.83. The van der Waals surface area contributed by atoms with Gasteiger partial charge in [0.15, 0.2) is 0 Å². The number of amides is 1. The molecular formula is C26H31ClN2O4. The quantitative estimate of drug-likeness (QED) is 0.325. The monoisotopic (exact) mass is 470 g/mol. The number of Topliss-reactive ketones (excluding diaryl/α,β-unsaturated/α-hetero) is 1. The molecule has 0 saturated carbocycles. The van der Waals surface area contributed by atoms with Crippen LogP contribution >= 0.6 is 11.6 Å². The average molecular weight is 471 g/mol. The van der Waals surface area contributed by atoms with Gasteiger partial charge in [-0.1, -0.05) is 37.6 Å². The molecule has 1 amide bonds. The molecule has 176 valence electrons. The second-order valence-corrected chi connectivity index (χ2v) is 9.37. The summed E-state index contributed by atoms with van der Waals surface area (Å²) in [5, 5.41) is 11.7. The molecule has 1 heterocycles. The van der Waals surface area contributed by atoms with E-state index in [4.69, 9.17) is 16.3 Å². The molecular weight excluding hydrogens is 440 g/mol. The maximum absolute atomic E-state index is 13.1. The van der Waals surface area contributed by atoms with E-state index >= 15 is 0 Å². The van der Waals surface area contributed by atoms with Gasteiger partial charge in [-0.25, -0.2) is 0 Å². The fourth-order valence-electron chi connectivity index (χ4n) is 3.79. The van der Waals surface area contributed by atoms with Crippen molar-refractivity contribution >= 4 is 29.1 Å². The molecule has 1 unspecified atom stereocenters. The van der Waals surface area contributed by atoms with Gasteiger partial charge in [-0.2, -0.15) is 0 Å². The van der Waals surface area contributed by atoms with E-state index in [1.165, 1.54) is 0 Å². The number of aliphatic hydroxyl groups is 1. The van der Waals surface area contributed by atoms with Crippen LogP contribution in [0.5, 0.6) is 5.75 Å². The minimum Gasteiger partial charge on any atom is -0.507 e. The van der Waals surface area contributed by atoms with Crippen LogP contribution in [0.25, 0.3) is 5.76 Å². The number of likely N-dealkylation sites (tertiary alicyclic amines) is 1. The molecule has 2 aromatic carbocycles. The van der Waals surface area contributed by atoms with Crippen molar-refractivity contribution in [2.45, 2.75) is 26.3 Å². The molecule has 1 fully saturated rings. The standard InChI is InChI=1S/C26H31ClN2O4/c1-17(2)16-33-21-12-8-19(9-13-21)24(30)22-23(18-6-10-20(27)11-7-18)29(26(32)25(22)31)15-5-14-28(3)4/h6-13,17,23,30H,5,14-16H2,1-4H3/b24-22+. The van der Waals surface area contributed by atoms with Crippen molar-refractivity contribution in [2.75, 3.05) is 33.8 Å². The maximum Gasteiger partial charge on any atom is 0.295 e. The zero-order valence-electron chi connectivity index (χ0n) is 19.5. The molecule has 33 heavy (non-hydrogen) atoms. The minimum atomic E-state index is -0.683. The number of ether oxygens (including phenoxy) is 1. The first kappa shape index (κ1) is 24.8. The first-order chi connectivity index (χ1) is 15.7. The Labute approximate surface area is 200 Å². The first-order valence-corrected chi connectivity index (χ1v) is 11.5. The maximum atomic E-state index is 13.1. The molecule has 0 aliphatic carbocycles. The molecule has 2 aromatic rings. The number of hydrogen-bond acceptors (Lipinski definition) is 5. The van der Waals surface area contributed by atoms with E-state index < -0.39 is 17.7 Å². The van der Waals surface area contributed by atoms with Crippen molar-refractivity contribution in [3.8, 4) is 5.75 Å². The number of ketones is 1. The summed E-state index contributed by atoms with van der Waals surface area (Å²) in [6.07, 6.45) is 0.700. The lowest BCUT2D eigenvalue weighted by molar-refractivity contribution is -0.139. The van der Waals surface area contributed by atoms with Crippen molar-refractivity contribution in [1.82, 2.24) is 9.80 Å². The second-order valence-electron chi connectivity index (χ2n) is 8.93. The lowest BCUT2D eigenvalue weighted by atomic mass is 9.95. The summed E-state index contributed by atoms with van der Waals surface area (Å²) in [7, 11) is 3.92. The fourth-order valence-corrected chi connectivity index (χ4v) is 3.91. The Morgan fingerprint density at radius 2 is 1.73 bits per heavy atom. The largest absolute Gasteiger partial charge is 0.507 e. The van der Waals surface area contributed by atoms with Crippen molar-refractivity contribution in [3.63, 3.8) is 0 Å². The molecule has 0 bridgehead atoms. The smallest absolute Gasteiger partial charge is 0.295 e. The predicted octanol–water partition coefficient (Wildman–Crippen LogP) is 4.75. The highest BCUT2D eigenvalue weighted by Crippen LogP contribution is 2.39. The Balaban J connectivity index is 1.99. The Morgan fingerprint density at radius 1 is 1.09 bits per heavy atom. The SMILES string of the molecule is CC(C)COc1ccc(/C(O)=C2\C(=O)C(=O)N(CCCN(C)C)C2c2ccc(Cl)cc2)cc1. The molecule has 1 N–H and O–H groups in total. The van der Waals surface area contributed by atoms with Crippen molar-refractivity contribution in [3.05, 3.63) is 70.3 Å². The normalized spacial score (nSPS) is 17.9. The van der Waals surface area contributed by atoms with E-state index in [0.717, 1.165) is 12.1 Å². The number of halogens is 1. The lowest BCUT2D eigenvalue weighted by Gasteiger charge is -2.26. The Kier molecular flexibility index (Phi) is 8.16. The molecule has 3 rings (SSSR count). The highest BCUT2D eigenvalue weighted by molar-refractivity contribution is 6.46. The topological polar surface area (TPSA) is 70.1 Å². The molecule has 1 saturated heterocycles. The summed E-state index contributed by atoms with van der Waals surface area (Å²) < 4.78 is 5.70. The van der Waals surface area contributed by atoms with Crippen LogP contribution in [-0.4, -0.2) is 60.4 Å². The van der Waals surface area contributed by atoms with E-state index in [9.17, 15) is 14.7 Å². The lowest BCUT2D eigenvalue weighted by Crippen LogP contribution is -2.32. The van der Waals surface area contributed by atoms with Crippen molar-refractivity contribution in [1.29, 1.82) is 0 Å². The number of carbonyl (C=O) groups excluding carboxylic acids is 2. The number of carbonyl (C=O) groups is 2. The van der Waals surface area contributed by atoms with E-state index in [1.54, 1.807) is 53.4 Å². The van der Waals surface area contributed by atoms with E-state index in [0.29, 0.717) is 41.8 Å². The summed E-state index contributed by atoms with van der Waals surface area (Å²) in [6, 6.07) is 13.2. The van der Waals surface area contributed by atoms with Crippen LogP contribution in [0.15, 0.2) is 54.1 Å². The van der Waals surface area contributed by atoms with Crippen LogP contribution in [0.2, 0.25) is 5.02 Å². The summed E-state index contributed by atoms with van der Waals surface area (Å²) in [5.41, 5.74) is 1.27. The Morgan fingerprint density at radius 3 is 2.30 bits per heavy atom. The van der Waals surface area contributed by atoms with Crippen LogP contribution in [0.4, 0.5) is 0 Å². The zero-order valence-corrected chi connectivity index (χ0v) is 20.3. The van der Waals surface area contributed by atoms with Crippen LogP contribution in [0.1, 0.15) is 37.4 Å². The predicted molar refractivity (Wildman–Crippen MR) is 130 cm³/mol. The van der Waals surface area contributed by atoms with Gasteiger partial charge in [-0.15, -0.1) is 0 Å². The highest BCUT2D eigenvalue weighted by atomic mass is 35.5. The minimum absolute atomic E-state index is 0.0861. The third kappa shape index (κ3) is 5.95. The molecule has 7 heteroatoms. The number of benzene rings is 2. The van der Waals surface area contributed by atoms with Crippen LogP contribution in [0.3, 0.4) is 0 Å². The van der Waals surface area contributed by atoms with Crippen molar-refractivity contribution in [2.24, 2.45) is 5.92 Å². The molecule has 1 aliphatic heterocycles. The summed E-state index contributed by atoms with van der Waals surface area (Å²) in [4.78, 5) is 29.6. The van der Waals surface area contributed by atoms with Crippen LogP contribution in [0, 0.1) is 5.92 Å². The molecule has 6 nitrogen and oxygen atoms in total. The van der Waals surface area contributed by atoms with Gasteiger partial charge in [0, 0.05) is 17.1 Å². The number of hydrogen-bond donors (Lipinski definition) is 1. The number of rotatable bonds is 9. The van der Waals surface area contributed by atoms with Gasteiger partial charge in [-0.3, -0.25) is 9.59 Å². The third-order valence-corrected chi connectivity index (χ3v) is 5.69. The summed E-state index contributed by atoms with van der Waals surface area (Å²) in [5.74, 6) is -0.414. The summed E-state index contributed by atoms with van der Waals surface area (Å²) in [6.45, 7) is 5.88. The molecule has 0 aromatic heterocycles. The van der Waals surface area contributed by atoms with E-state index in [2.05, 4.69) is 13.8 Å². The van der Waals surface area contributed by atoms with E-state index in [-0.39, 0.29) is 11.3 Å². The molecule has 1 aliphatic rings. The molecule has 0 radical (unpaired) electrons. The highest BCUT2D eigenvalue weighted by Gasteiger charge is 2.45. The fraction of sp³-hybridized carbons (Fsp3) is 0.385. The van der Waals surface area contributed by atoms with E-state index in [1.807, 2.05) is 19.0 Å². The summed E-state index contributed by atoms with van der Waals surface area (Å²) >= 11 is 6.06. The zero-order chi connectivity index (χ0) is 24.1. The van der Waals surface area contributed by atoms with Crippen molar-refractivity contribution < 1.29 is 19.4 Å². The van der Waals surface area contributed by atoms with Gasteiger partial charge in [0.05, 0.1) is 18.2 Å². The molecule has 0 spiro atoms. The first-order valence-electron chi connectivity index (χ1n) is 11.1. The Bertz CT molecular complexity index is 1010.